The second-order valence-corrected chi connectivity index (χ2v) is 5.51. The van der Waals surface area contributed by atoms with Gasteiger partial charge in [-0.25, -0.2) is 0 Å². The molecule has 0 fully saturated rings. The summed E-state index contributed by atoms with van der Waals surface area (Å²) in [6, 6.07) is 2.26. The fourth-order valence-corrected chi connectivity index (χ4v) is 2.48. The van der Waals surface area contributed by atoms with Crippen LogP contribution in [0, 0.1) is 10.1 Å². The molecule has 2 aromatic rings. The number of nitrogens with zero attached hydrogens (tertiary/aromatic N) is 2. The first-order valence-corrected chi connectivity index (χ1v) is 6.80. The Bertz CT molecular complexity index is 704. The van der Waals surface area contributed by atoms with Crippen LogP contribution in [0.4, 0.5) is 5.69 Å². The molecule has 0 aliphatic heterocycles. The second kappa shape index (κ2) is 5.92. The number of nitro benzene ring substituents is 1. The Balaban J connectivity index is 2.44. The molecule has 1 aromatic heterocycles. The van der Waals surface area contributed by atoms with Gasteiger partial charge in [0.1, 0.15) is 4.88 Å². The van der Waals surface area contributed by atoms with Crippen molar-refractivity contribution in [2.45, 2.75) is 0 Å². The van der Waals surface area contributed by atoms with E-state index in [-0.39, 0.29) is 36.7 Å². The molecule has 0 spiro atoms. The predicted molar refractivity (Wildman–Crippen MR) is 75.7 cm³/mol. The van der Waals surface area contributed by atoms with Gasteiger partial charge in [-0.1, -0.05) is 46.1 Å². The quantitative estimate of drug-likeness (QED) is 0.455. The third-order valence-corrected chi connectivity index (χ3v) is 4.07. The van der Waals surface area contributed by atoms with Gasteiger partial charge >= 0.3 is 5.69 Å². The van der Waals surface area contributed by atoms with Gasteiger partial charge in [0, 0.05) is 12.1 Å². The summed E-state index contributed by atoms with van der Waals surface area (Å²) < 4.78 is 5.25. The first kappa shape index (κ1) is 15.0. The summed E-state index contributed by atoms with van der Waals surface area (Å²) in [7, 11) is 0. The van der Waals surface area contributed by atoms with Crippen molar-refractivity contribution in [1.29, 1.82) is 0 Å². The number of halogens is 3. The molecule has 0 aliphatic carbocycles. The zero-order chi connectivity index (χ0) is 14.9. The number of rotatable bonds is 4. The molecule has 10 heteroatoms. The normalized spacial score (nSPS) is 10.3. The molecule has 0 atom stereocenters. The number of hydrogen-bond donors (Lipinski definition) is 0. The number of hydrogen-bond acceptors (Lipinski definition) is 6. The number of nitro groups is 1. The highest BCUT2D eigenvalue weighted by molar-refractivity contribution is 7.15. The molecule has 0 saturated heterocycles. The molecule has 0 saturated carbocycles. The summed E-state index contributed by atoms with van der Waals surface area (Å²) in [6.45, 7) is 0. The third kappa shape index (κ3) is 3.01. The van der Waals surface area contributed by atoms with Crippen molar-refractivity contribution in [3.05, 3.63) is 42.3 Å². The molecule has 0 radical (unpaired) electrons. The van der Waals surface area contributed by atoms with Crippen molar-refractivity contribution < 1.29 is 14.5 Å². The fourth-order valence-electron chi connectivity index (χ4n) is 1.25. The lowest BCUT2D eigenvalue weighted by Crippen LogP contribution is -1.93. The zero-order valence-corrected chi connectivity index (χ0v) is 12.4. The predicted octanol–water partition coefficient (Wildman–Crippen LogP) is 4.62. The van der Waals surface area contributed by atoms with Crippen molar-refractivity contribution in [3.8, 4) is 10.9 Å². The molecule has 1 heterocycles. The van der Waals surface area contributed by atoms with Crippen molar-refractivity contribution in [2.24, 2.45) is 0 Å². The van der Waals surface area contributed by atoms with E-state index in [0.717, 1.165) is 17.4 Å². The number of thiazole rings is 1. The van der Waals surface area contributed by atoms with Gasteiger partial charge < -0.3 is 4.74 Å². The van der Waals surface area contributed by atoms with E-state index in [1.165, 1.54) is 6.07 Å². The lowest BCUT2D eigenvalue weighted by atomic mass is 10.3. The highest BCUT2D eigenvalue weighted by Crippen LogP contribution is 2.39. The summed E-state index contributed by atoms with van der Waals surface area (Å²) in [4.78, 5) is 24.8. The maximum atomic E-state index is 10.9. The summed E-state index contributed by atoms with van der Waals surface area (Å²) in [6.07, 6.45) is 0.510. The first-order chi connectivity index (χ1) is 9.42. The van der Waals surface area contributed by atoms with E-state index in [2.05, 4.69) is 4.98 Å². The highest BCUT2D eigenvalue weighted by atomic mass is 35.5. The van der Waals surface area contributed by atoms with Crippen molar-refractivity contribution in [3.63, 3.8) is 0 Å². The largest absolute Gasteiger partial charge is 0.423 e. The van der Waals surface area contributed by atoms with Crippen molar-refractivity contribution >= 4 is 58.1 Å². The minimum absolute atomic E-state index is 0.0152. The Morgan fingerprint density at radius 3 is 2.50 bits per heavy atom. The Hall–Kier alpha value is -1.41. The molecule has 0 unspecified atom stereocenters. The lowest BCUT2D eigenvalue weighted by molar-refractivity contribution is -0.385. The Kier molecular flexibility index (Phi) is 4.44. The lowest BCUT2D eigenvalue weighted by Gasteiger charge is -2.04. The average Bonchev–Trinajstić information content (AvgIpc) is 2.73. The average molecular weight is 354 g/mol. The topological polar surface area (TPSA) is 82.3 Å². The van der Waals surface area contributed by atoms with Crippen LogP contribution in [0.15, 0.2) is 12.1 Å². The van der Waals surface area contributed by atoms with Crippen LogP contribution in [0.2, 0.25) is 15.2 Å². The number of carbonyl (C=O) groups excluding carboxylic acids is 1. The summed E-state index contributed by atoms with van der Waals surface area (Å²) >= 11 is 18.0. The molecule has 0 aliphatic rings. The Morgan fingerprint density at radius 1 is 1.30 bits per heavy atom. The maximum Gasteiger partial charge on any atom is 0.313 e. The van der Waals surface area contributed by atoms with E-state index in [9.17, 15) is 14.9 Å². The van der Waals surface area contributed by atoms with Crippen LogP contribution >= 0.6 is 46.1 Å². The zero-order valence-electron chi connectivity index (χ0n) is 9.30. The molecule has 0 amide bonds. The molecule has 0 bridgehead atoms. The van der Waals surface area contributed by atoms with Gasteiger partial charge in [-0.15, -0.1) is 0 Å². The fraction of sp³-hybridized carbons (Fsp3) is 0. The molecule has 2 rings (SSSR count). The van der Waals surface area contributed by atoms with E-state index in [1.807, 2.05) is 0 Å². The van der Waals surface area contributed by atoms with E-state index in [1.54, 1.807) is 0 Å². The minimum Gasteiger partial charge on any atom is -0.423 e. The SMILES string of the molecule is O=Cc1sc(Oc2cc(Cl)c(Cl)cc2[N+](=O)[O-])nc1Cl. The van der Waals surface area contributed by atoms with Gasteiger partial charge in [0.15, 0.2) is 11.4 Å². The van der Waals surface area contributed by atoms with Gasteiger partial charge in [0.2, 0.25) is 5.75 Å². The molecular weight excluding hydrogens is 351 g/mol. The van der Waals surface area contributed by atoms with Crippen molar-refractivity contribution in [1.82, 2.24) is 4.98 Å². The number of aromatic nitrogens is 1. The number of benzene rings is 1. The Labute approximate surface area is 131 Å². The molecule has 6 nitrogen and oxygen atoms in total. The standard InChI is InChI=1S/C10H3Cl3N2O4S/c11-4-1-6(15(17)18)7(2-5(4)12)19-10-14-9(13)8(3-16)20-10/h1-3H. The van der Waals surface area contributed by atoms with Crippen LogP contribution in [0.3, 0.4) is 0 Å². The molecule has 0 N–H and O–H groups in total. The molecular formula is C10H3Cl3N2O4S. The minimum atomic E-state index is -0.673. The van der Waals surface area contributed by atoms with Gasteiger partial charge in [-0.05, 0) is 0 Å². The van der Waals surface area contributed by atoms with E-state index >= 15 is 0 Å². The molecule has 1 aromatic carbocycles. The smallest absolute Gasteiger partial charge is 0.313 e. The molecule has 20 heavy (non-hydrogen) atoms. The van der Waals surface area contributed by atoms with Gasteiger partial charge in [-0.3, -0.25) is 14.9 Å². The van der Waals surface area contributed by atoms with Gasteiger partial charge in [-0.2, -0.15) is 4.98 Å². The van der Waals surface area contributed by atoms with Crippen LogP contribution in [0.5, 0.6) is 10.9 Å². The number of carbonyl (C=O) groups is 1. The van der Waals surface area contributed by atoms with Gasteiger partial charge in [0.05, 0.1) is 15.0 Å². The first-order valence-electron chi connectivity index (χ1n) is 4.85. The van der Waals surface area contributed by atoms with Crippen molar-refractivity contribution in [2.75, 3.05) is 0 Å². The summed E-state index contributed by atoms with van der Waals surface area (Å²) in [5.74, 6) is -0.146. The second-order valence-electron chi connectivity index (χ2n) is 3.35. The summed E-state index contributed by atoms with van der Waals surface area (Å²) in [5.41, 5.74) is -0.377. The summed E-state index contributed by atoms with van der Waals surface area (Å²) in [5, 5.41) is 11.0. The maximum absolute atomic E-state index is 10.9. The van der Waals surface area contributed by atoms with Gasteiger partial charge in [0.25, 0.3) is 5.19 Å². The third-order valence-electron chi connectivity index (χ3n) is 2.09. The van der Waals surface area contributed by atoms with Crippen LogP contribution < -0.4 is 4.74 Å². The highest BCUT2D eigenvalue weighted by Gasteiger charge is 2.21. The van der Waals surface area contributed by atoms with E-state index in [0.29, 0.717) is 6.29 Å². The monoisotopic (exact) mass is 352 g/mol. The van der Waals surface area contributed by atoms with Crippen LogP contribution in [-0.4, -0.2) is 16.2 Å². The van der Waals surface area contributed by atoms with Crippen LogP contribution in [-0.2, 0) is 0 Å². The van der Waals surface area contributed by atoms with Crippen LogP contribution in [0.1, 0.15) is 9.67 Å². The number of ether oxygens (including phenoxy) is 1. The number of aldehydes is 1. The molecule has 104 valence electrons. The van der Waals surface area contributed by atoms with Crippen LogP contribution in [0.25, 0.3) is 0 Å². The van der Waals surface area contributed by atoms with E-state index < -0.39 is 4.92 Å². The Morgan fingerprint density at radius 2 is 1.95 bits per heavy atom. The van der Waals surface area contributed by atoms with E-state index in [4.69, 9.17) is 39.5 Å².